The van der Waals surface area contributed by atoms with Gasteiger partial charge < -0.3 is 5.11 Å². The first-order valence-corrected chi connectivity index (χ1v) is 4.12. The van der Waals surface area contributed by atoms with E-state index in [4.69, 9.17) is 28.3 Å². The van der Waals surface area contributed by atoms with Crippen LogP contribution in [0.25, 0.3) is 0 Å². The fourth-order valence-corrected chi connectivity index (χ4v) is 1.10. The van der Waals surface area contributed by atoms with Crippen molar-refractivity contribution in [2.24, 2.45) is 0 Å². The summed E-state index contributed by atoms with van der Waals surface area (Å²) in [6, 6.07) is 0. The minimum atomic E-state index is -0.653. The summed E-state index contributed by atoms with van der Waals surface area (Å²) in [6.45, 7) is -0.293. The standard InChI is InChI=1S/C6H6Cl2N2O3/c7-3-4(8)6(13)10(1-2-11)9-5(3)12/h11H,1-2H2,(H,9,12). The number of aromatic nitrogens is 2. The van der Waals surface area contributed by atoms with Gasteiger partial charge in [0.15, 0.2) is 0 Å². The van der Waals surface area contributed by atoms with Crippen molar-refractivity contribution >= 4 is 23.2 Å². The molecule has 72 valence electrons. The Balaban J connectivity index is 3.42. The fraction of sp³-hybridized carbons (Fsp3) is 0.333. The zero-order chi connectivity index (χ0) is 10.0. The van der Waals surface area contributed by atoms with Crippen LogP contribution in [0, 0.1) is 0 Å². The molecule has 0 aliphatic rings. The Hall–Kier alpha value is -0.780. The molecule has 0 saturated heterocycles. The molecule has 0 amide bonds. The number of H-pyrrole nitrogens is 1. The summed E-state index contributed by atoms with van der Waals surface area (Å²) in [6.07, 6.45) is 0. The number of rotatable bonds is 2. The third-order valence-electron chi connectivity index (χ3n) is 1.39. The average molecular weight is 225 g/mol. The molecule has 0 radical (unpaired) electrons. The normalized spacial score (nSPS) is 10.4. The summed E-state index contributed by atoms with van der Waals surface area (Å²) in [5, 5.41) is 10.0. The second-order valence-electron chi connectivity index (χ2n) is 2.25. The van der Waals surface area contributed by atoms with E-state index in [1.807, 2.05) is 0 Å². The van der Waals surface area contributed by atoms with Gasteiger partial charge in [-0.2, -0.15) is 0 Å². The van der Waals surface area contributed by atoms with Crippen LogP contribution in [0.2, 0.25) is 10.0 Å². The molecule has 5 nitrogen and oxygen atoms in total. The topological polar surface area (TPSA) is 75.1 Å². The maximum atomic E-state index is 11.2. The van der Waals surface area contributed by atoms with E-state index in [0.717, 1.165) is 4.68 Å². The van der Waals surface area contributed by atoms with E-state index in [1.165, 1.54) is 0 Å². The maximum absolute atomic E-state index is 11.2. The molecule has 13 heavy (non-hydrogen) atoms. The first kappa shape index (κ1) is 10.3. The number of aliphatic hydroxyl groups excluding tert-OH is 1. The molecular formula is C6H6Cl2N2O3. The molecule has 1 aromatic heterocycles. The van der Waals surface area contributed by atoms with Crippen LogP contribution in [-0.2, 0) is 6.54 Å². The van der Waals surface area contributed by atoms with Crippen LogP contribution in [0.1, 0.15) is 0 Å². The lowest BCUT2D eigenvalue weighted by molar-refractivity contribution is 0.265. The Bertz CT molecular complexity index is 423. The average Bonchev–Trinajstić information content (AvgIpc) is 2.11. The van der Waals surface area contributed by atoms with Gasteiger partial charge in [0.2, 0.25) is 0 Å². The third-order valence-corrected chi connectivity index (χ3v) is 2.19. The lowest BCUT2D eigenvalue weighted by atomic mass is 10.5. The Labute approximate surface area is 82.5 Å². The van der Waals surface area contributed by atoms with Crippen molar-refractivity contribution in [3.8, 4) is 0 Å². The Morgan fingerprint density at radius 3 is 2.46 bits per heavy atom. The van der Waals surface area contributed by atoms with Crippen LogP contribution in [0.4, 0.5) is 0 Å². The van der Waals surface area contributed by atoms with Gasteiger partial charge in [-0.05, 0) is 0 Å². The molecule has 0 unspecified atom stereocenters. The van der Waals surface area contributed by atoms with Crippen LogP contribution < -0.4 is 11.1 Å². The Morgan fingerprint density at radius 2 is 1.92 bits per heavy atom. The number of halogens is 2. The van der Waals surface area contributed by atoms with E-state index in [0.29, 0.717) is 0 Å². The number of aromatic amines is 1. The molecule has 1 heterocycles. The molecule has 1 rings (SSSR count). The lowest BCUT2D eigenvalue weighted by Crippen LogP contribution is -2.31. The van der Waals surface area contributed by atoms with Crippen molar-refractivity contribution in [3.05, 3.63) is 30.8 Å². The van der Waals surface area contributed by atoms with Gasteiger partial charge in [-0.15, -0.1) is 0 Å². The molecule has 7 heteroatoms. The largest absolute Gasteiger partial charge is 0.394 e. The molecule has 0 saturated carbocycles. The van der Waals surface area contributed by atoms with Crippen LogP contribution in [-0.4, -0.2) is 21.5 Å². The van der Waals surface area contributed by atoms with E-state index in [-0.39, 0.29) is 23.2 Å². The van der Waals surface area contributed by atoms with Crippen molar-refractivity contribution in [3.63, 3.8) is 0 Å². The summed E-state index contributed by atoms with van der Waals surface area (Å²) in [4.78, 5) is 22.2. The van der Waals surface area contributed by atoms with Gasteiger partial charge in [0.1, 0.15) is 10.0 Å². The summed E-state index contributed by atoms with van der Waals surface area (Å²) in [5.74, 6) is 0. The second kappa shape index (κ2) is 3.95. The molecule has 1 aromatic rings. The van der Waals surface area contributed by atoms with Crippen LogP contribution in [0.5, 0.6) is 0 Å². The summed E-state index contributed by atoms with van der Waals surface area (Å²) < 4.78 is 0.899. The highest BCUT2D eigenvalue weighted by atomic mass is 35.5. The van der Waals surface area contributed by atoms with Gasteiger partial charge in [-0.25, -0.2) is 4.68 Å². The SMILES string of the molecule is O=c1[nH]n(CCO)c(=O)c(Cl)c1Cl. The fourth-order valence-electron chi connectivity index (χ4n) is 0.792. The van der Waals surface area contributed by atoms with Crippen molar-refractivity contribution in [2.45, 2.75) is 6.54 Å². The molecule has 0 aliphatic heterocycles. The van der Waals surface area contributed by atoms with Gasteiger partial charge in [0.25, 0.3) is 11.1 Å². The van der Waals surface area contributed by atoms with Crippen molar-refractivity contribution in [1.82, 2.24) is 9.78 Å². The van der Waals surface area contributed by atoms with Gasteiger partial charge in [0, 0.05) is 0 Å². The first-order valence-electron chi connectivity index (χ1n) is 3.37. The van der Waals surface area contributed by atoms with Crippen molar-refractivity contribution in [1.29, 1.82) is 0 Å². The number of nitrogens with one attached hydrogen (secondary N) is 1. The summed E-state index contributed by atoms with van der Waals surface area (Å²) in [7, 11) is 0. The number of hydrogen-bond donors (Lipinski definition) is 2. The quantitative estimate of drug-likeness (QED) is 0.733. The van der Waals surface area contributed by atoms with E-state index in [1.54, 1.807) is 0 Å². The molecular weight excluding hydrogens is 219 g/mol. The van der Waals surface area contributed by atoms with Crippen LogP contribution in [0.15, 0.2) is 9.59 Å². The van der Waals surface area contributed by atoms with Crippen LogP contribution >= 0.6 is 23.2 Å². The van der Waals surface area contributed by atoms with E-state index >= 15 is 0 Å². The smallest absolute Gasteiger partial charge is 0.285 e. The van der Waals surface area contributed by atoms with Gasteiger partial charge in [-0.3, -0.25) is 14.7 Å². The highest BCUT2D eigenvalue weighted by molar-refractivity contribution is 6.41. The number of nitrogens with zero attached hydrogens (tertiary/aromatic N) is 1. The monoisotopic (exact) mass is 224 g/mol. The van der Waals surface area contributed by atoms with Gasteiger partial charge in [0.05, 0.1) is 13.2 Å². The number of aliphatic hydroxyl groups is 1. The predicted molar refractivity (Wildman–Crippen MR) is 48.4 cm³/mol. The van der Waals surface area contributed by atoms with E-state index in [9.17, 15) is 9.59 Å². The molecule has 0 aromatic carbocycles. The van der Waals surface area contributed by atoms with Crippen molar-refractivity contribution in [2.75, 3.05) is 6.61 Å². The first-order chi connectivity index (χ1) is 6.07. The molecule has 0 aliphatic carbocycles. The van der Waals surface area contributed by atoms with Gasteiger partial charge >= 0.3 is 0 Å². The zero-order valence-corrected chi connectivity index (χ0v) is 7.89. The molecule has 0 atom stereocenters. The summed E-state index contributed by atoms with van der Waals surface area (Å²) in [5.41, 5.74) is -1.28. The maximum Gasteiger partial charge on any atom is 0.285 e. The minimum absolute atomic E-state index is 0.0229. The zero-order valence-electron chi connectivity index (χ0n) is 6.38. The van der Waals surface area contributed by atoms with E-state index in [2.05, 4.69) is 5.10 Å². The summed E-state index contributed by atoms with van der Waals surface area (Å²) >= 11 is 10.9. The molecule has 0 spiro atoms. The van der Waals surface area contributed by atoms with E-state index < -0.39 is 11.1 Å². The lowest BCUT2D eigenvalue weighted by Gasteiger charge is -2.03. The third kappa shape index (κ3) is 1.93. The van der Waals surface area contributed by atoms with Gasteiger partial charge in [-0.1, -0.05) is 23.2 Å². The van der Waals surface area contributed by atoms with Crippen molar-refractivity contribution < 1.29 is 5.11 Å². The minimum Gasteiger partial charge on any atom is -0.394 e. The Morgan fingerprint density at radius 1 is 1.31 bits per heavy atom. The predicted octanol–water partition coefficient (Wildman–Crippen LogP) is -0.164. The molecule has 2 N–H and O–H groups in total. The Kier molecular flexibility index (Phi) is 3.13. The number of hydrogen-bond acceptors (Lipinski definition) is 3. The second-order valence-corrected chi connectivity index (χ2v) is 3.01. The molecule has 0 fully saturated rings. The highest BCUT2D eigenvalue weighted by Gasteiger charge is 2.09. The van der Waals surface area contributed by atoms with Crippen LogP contribution in [0.3, 0.4) is 0 Å². The highest BCUT2D eigenvalue weighted by Crippen LogP contribution is 2.10. The molecule has 0 bridgehead atoms.